The summed E-state index contributed by atoms with van der Waals surface area (Å²) in [6.45, 7) is 2.10. The highest BCUT2D eigenvalue weighted by molar-refractivity contribution is 7.13. The minimum Gasteiger partial charge on any atom is -0.299 e. The van der Waals surface area contributed by atoms with E-state index in [1.807, 2.05) is 30.6 Å². The third kappa shape index (κ3) is 1.65. The number of thiophene rings is 1. The maximum atomic E-state index is 4.49. The zero-order chi connectivity index (χ0) is 13.5. The minimum absolute atomic E-state index is 0.852. The van der Waals surface area contributed by atoms with Crippen LogP contribution in [0, 0.1) is 6.92 Å². The zero-order valence-corrected chi connectivity index (χ0v) is 11.6. The number of rotatable bonds is 2. The molecule has 1 aromatic carbocycles. The fraction of sp³-hybridized carbons (Fsp3) is 0.0714. The van der Waals surface area contributed by atoms with Crippen LogP contribution in [0.1, 0.15) is 5.56 Å². The van der Waals surface area contributed by atoms with Crippen molar-refractivity contribution in [2.24, 2.45) is 0 Å². The van der Waals surface area contributed by atoms with Crippen molar-refractivity contribution >= 4 is 22.4 Å². The van der Waals surface area contributed by atoms with Gasteiger partial charge in [-0.15, -0.1) is 11.3 Å². The number of hydrogen-bond donors (Lipinski definition) is 1. The summed E-state index contributed by atoms with van der Waals surface area (Å²) < 4.78 is 2.08. The quantitative estimate of drug-likeness (QED) is 0.614. The van der Waals surface area contributed by atoms with Gasteiger partial charge in [0.05, 0.1) is 4.88 Å². The van der Waals surface area contributed by atoms with Crippen molar-refractivity contribution in [3.8, 4) is 16.4 Å². The van der Waals surface area contributed by atoms with Crippen LogP contribution in [0.3, 0.4) is 0 Å². The Morgan fingerprint density at radius 1 is 1.15 bits per heavy atom. The molecule has 0 spiro atoms. The molecule has 5 nitrogen and oxygen atoms in total. The fourth-order valence-electron chi connectivity index (χ4n) is 2.26. The first-order chi connectivity index (χ1) is 9.83. The Bertz CT molecular complexity index is 886. The molecule has 1 N–H and O–H groups in total. The van der Waals surface area contributed by atoms with Crippen LogP contribution in [0.2, 0.25) is 0 Å². The lowest BCUT2D eigenvalue weighted by Crippen LogP contribution is -1.95. The summed E-state index contributed by atoms with van der Waals surface area (Å²) in [7, 11) is 0. The molecule has 3 heterocycles. The Hall–Kier alpha value is -2.47. The van der Waals surface area contributed by atoms with Crippen LogP contribution in [-0.4, -0.2) is 25.0 Å². The summed E-state index contributed by atoms with van der Waals surface area (Å²) in [6, 6.07) is 8.10. The summed E-state index contributed by atoms with van der Waals surface area (Å²) in [4.78, 5) is 5.68. The molecule has 3 aromatic heterocycles. The average molecular weight is 281 g/mol. The molecule has 0 saturated carbocycles. The van der Waals surface area contributed by atoms with Crippen molar-refractivity contribution in [2.45, 2.75) is 6.92 Å². The molecule has 0 aliphatic carbocycles. The molecular weight excluding hydrogens is 270 g/mol. The second-order valence-corrected chi connectivity index (χ2v) is 5.47. The molecular formula is C14H11N5S. The summed E-state index contributed by atoms with van der Waals surface area (Å²) in [6.07, 6.45) is 3.79. The van der Waals surface area contributed by atoms with E-state index in [-0.39, 0.29) is 0 Å². The van der Waals surface area contributed by atoms with Gasteiger partial charge in [-0.05, 0) is 42.1 Å². The summed E-state index contributed by atoms with van der Waals surface area (Å²) in [5.74, 6) is 0.959. The van der Waals surface area contributed by atoms with Crippen molar-refractivity contribution in [3.05, 3.63) is 47.6 Å². The van der Waals surface area contributed by atoms with Crippen LogP contribution in [0.15, 0.2) is 42.0 Å². The van der Waals surface area contributed by atoms with Gasteiger partial charge in [-0.1, -0.05) is 0 Å². The summed E-state index contributed by atoms with van der Waals surface area (Å²) in [5.41, 5.74) is 3.99. The first-order valence-corrected chi connectivity index (χ1v) is 7.09. The van der Waals surface area contributed by atoms with E-state index < -0.39 is 0 Å². The Morgan fingerprint density at radius 3 is 2.90 bits per heavy atom. The lowest BCUT2D eigenvalue weighted by Gasteiger charge is -2.07. The standard InChI is InChI=1S/C14H11N5S/c1-9-4-7-20-13(9)14-15-5-6-19(14)10-2-3-11-12(8-10)17-18-16-11/h2-8H,1H3,(H,16,17,18). The van der Waals surface area contributed by atoms with E-state index in [4.69, 9.17) is 0 Å². The Labute approximate surface area is 118 Å². The van der Waals surface area contributed by atoms with Crippen molar-refractivity contribution in [2.75, 3.05) is 0 Å². The minimum atomic E-state index is 0.852. The smallest absolute Gasteiger partial charge is 0.154 e. The predicted molar refractivity (Wildman–Crippen MR) is 79.1 cm³/mol. The number of H-pyrrole nitrogens is 1. The van der Waals surface area contributed by atoms with E-state index in [1.165, 1.54) is 10.4 Å². The lowest BCUT2D eigenvalue weighted by atomic mass is 10.2. The number of aromatic nitrogens is 5. The second-order valence-electron chi connectivity index (χ2n) is 4.55. The van der Waals surface area contributed by atoms with Crippen LogP contribution in [0.4, 0.5) is 0 Å². The van der Waals surface area contributed by atoms with Crippen molar-refractivity contribution in [3.63, 3.8) is 0 Å². The first kappa shape index (κ1) is 11.4. The van der Waals surface area contributed by atoms with Crippen molar-refractivity contribution < 1.29 is 0 Å². The van der Waals surface area contributed by atoms with E-state index in [2.05, 4.69) is 43.3 Å². The van der Waals surface area contributed by atoms with Crippen LogP contribution in [-0.2, 0) is 0 Å². The van der Waals surface area contributed by atoms with E-state index in [0.717, 1.165) is 22.5 Å². The van der Waals surface area contributed by atoms with Crippen LogP contribution in [0.25, 0.3) is 27.4 Å². The van der Waals surface area contributed by atoms with E-state index >= 15 is 0 Å². The van der Waals surface area contributed by atoms with Gasteiger partial charge in [0, 0.05) is 18.1 Å². The van der Waals surface area contributed by atoms with Gasteiger partial charge in [0.1, 0.15) is 11.0 Å². The molecule has 6 heteroatoms. The molecule has 0 unspecified atom stereocenters. The number of aryl methyl sites for hydroxylation is 1. The SMILES string of the molecule is Cc1ccsc1-c1nccn1-c1ccc2n[nH]nc2c1. The highest BCUT2D eigenvalue weighted by Gasteiger charge is 2.12. The lowest BCUT2D eigenvalue weighted by molar-refractivity contribution is 0.959. The third-order valence-electron chi connectivity index (χ3n) is 3.28. The van der Waals surface area contributed by atoms with Gasteiger partial charge in [0.2, 0.25) is 0 Å². The molecule has 0 atom stereocenters. The van der Waals surface area contributed by atoms with Crippen molar-refractivity contribution in [1.82, 2.24) is 25.0 Å². The largest absolute Gasteiger partial charge is 0.299 e. The Kier molecular flexibility index (Phi) is 2.43. The van der Waals surface area contributed by atoms with Gasteiger partial charge in [-0.2, -0.15) is 15.4 Å². The molecule has 0 fully saturated rings. The normalized spacial score (nSPS) is 11.2. The maximum Gasteiger partial charge on any atom is 0.154 e. The third-order valence-corrected chi connectivity index (χ3v) is 4.30. The van der Waals surface area contributed by atoms with E-state index in [0.29, 0.717) is 0 Å². The monoisotopic (exact) mass is 281 g/mol. The molecule has 0 radical (unpaired) electrons. The summed E-state index contributed by atoms with van der Waals surface area (Å²) >= 11 is 1.70. The topological polar surface area (TPSA) is 59.4 Å². The molecule has 4 aromatic rings. The number of benzene rings is 1. The molecule has 20 heavy (non-hydrogen) atoms. The van der Waals surface area contributed by atoms with Gasteiger partial charge >= 0.3 is 0 Å². The van der Waals surface area contributed by atoms with Crippen LogP contribution >= 0.6 is 11.3 Å². The predicted octanol–water partition coefficient (Wildman–Crippen LogP) is 3.18. The molecule has 4 rings (SSSR count). The van der Waals surface area contributed by atoms with Crippen molar-refractivity contribution in [1.29, 1.82) is 0 Å². The maximum absolute atomic E-state index is 4.49. The number of hydrogen-bond acceptors (Lipinski definition) is 4. The van der Waals surface area contributed by atoms with Gasteiger partial charge < -0.3 is 0 Å². The van der Waals surface area contributed by atoms with Gasteiger partial charge in [0.25, 0.3) is 0 Å². The fourth-order valence-corrected chi connectivity index (χ4v) is 3.18. The molecule has 0 saturated heterocycles. The van der Waals surface area contributed by atoms with Gasteiger partial charge in [0.15, 0.2) is 5.82 Å². The number of nitrogens with zero attached hydrogens (tertiary/aromatic N) is 4. The average Bonchev–Trinajstić information content (AvgIpc) is 3.16. The number of nitrogens with one attached hydrogen (secondary N) is 1. The molecule has 0 aliphatic rings. The van der Waals surface area contributed by atoms with Gasteiger partial charge in [-0.3, -0.25) is 4.57 Å². The number of imidazole rings is 1. The highest BCUT2D eigenvalue weighted by atomic mass is 32.1. The molecule has 0 amide bonds. The van der Waals surface area contributed by atoms with E-state index in [1.54, 1.807) is 11.3 Å². The first-order valence-electron chi connectivity index (χ1n) is 6.21. The number of aromatic amines is 1. The summed E-state index contributed by atoms with van der Waals surface area (Å²) in [5, 5.41) is 12.9. The number of fused-ring (bicyclic) bond motifs is 1. The zero-order valence-electron chi connectivity index (χ0n) is 10.7. The van der Waals surface area contributed by atoms with Crippen LogP contribution in [0.5, 0.6) is 0 Å². The van der Waals surface area contributed by atoms with Crippen LogP contribution < -0.4 is 0 Å². The van der Waals surface area contributed by atoms with Gasteiger partial charge in [-0.25, -0.2) is 4.98 Å². The molecule has 98 valence electrons. The highest BCUT2D eigenvalue weighted by Crippen LogP contribution is 2.29. The Morgan fingerprint density at radius 2 is 2.05 bits per heavy atom. The Balaban J connectivity index is 1.90. The second kappa shape index (κ2) is 4.28. The van der Waals surface area contributed by atoms with E-state index in [9.17, 15) is 0 Å². The molecule has 0 bridgehead atoms. The molecule has 0 aliphatic heterocycles.